The van der Waals surface area contributed by atoms with Crippen LogP contribution in [0.25, 0.3) is 11.0 Å². The zero-order valence-corrected chi connectivity index (χ0v) is 20.0. The summed E-state index contributed by atoms with van der Waals surface area (Å²) in [6.07, 6.45) is 0. The van der Waals surface area contributed by atoms with Gasteiger partial charge in [0.25, 0.3) is 5.91 Å². The predicted molar refractivity (Wildman–Crippen MR) is 125 cm³/mol. The molecule has 0 aliphatic carbocycles. The lowest BCUT2D eigenvalue weighted by atomic mass is 9.94. The lowest BCUT2D eigenvalue weighted by molar-refractivity contribution is -0.857. The number of para-hydroxylation sites is 1. The number of likely N-dealkylation sites (N-methyl/N-ethyl adjacent to an activating group) is 1. The van der Waals surface area contributed by atoms with Crippen molar-refractivity contribution in [1.82, 2.24) is 4.90 Å². The first-order chi connectivity index (χ1) is 15.7. The van der Waals surface area contributed by atoms with Gasteiger partial charge < -0.3 is 29.2 Å². The highest BCUT2D eigenvalue weighted by molar-refractivity contribution is 9.10. The monoisotopic (exact) mass is 515 g/mol. The van der Waals surface area contributed by atoms with Crippen LogP contribution in [0.1, 0.15) is 22.2 Å². The number of phenolic OH excluding ortho intramolecular Hbond substituents is 1. The summed E-state index contributed by atoms with van der Waals surface area (Å²) in [4.78, 5) is 29.2. The van der Waals surface area contributed by atoms with Gasteiger partial charge in [-0.1, -0.05) is 18.2 Å². The van der Waals surface area contributed by atoms with Gasteiger partial charge in [0.05, 0.1) is 50.4 Å². The number of aromatic hydroxyl groups is 1. The Balaban J connectivity index is 1.84. The number of fused-ring (bicyclic) bond motifs is 1. The topological polar surface area (TPSA) is 105 Å². The zero-order valence-electron chi connectivity index (χ0n) is 18.4. The molecule has 1 atom stereocenters. The molecule has 1 unspecified atom stereocenters. The molecule has 0 saturated heterocycles. The summed E-state index contributed by atoms with van der Waals surface area (Å²) in [7, 11) is 5.30. The van der Waals surface area contributed by atoms with Crippen molar-refractivity contribution in [3.05, 3.63) is 69.6 Å². The summed E-state index contributed by atoms with van der Waals surface area (Å²) in [5.74, 6) is -1.73. The van der Waals surface area contributed by atoms with Crippen LogP contribution < -0.4 is 9.64 Å². The van der Waals surface area contributed by atoms with Crippen LogP contribution in [0.3, 0.4) is 0 Å². The second-order valence-corrected chi connectivity index (χ2v) is 9.01. The van der Waals surface area contributed by atoms with Gasteiger partial charge in [0.1, 0.15) is 5.58 Å². The largest absolute Gasteiger partial charge is 0.503 e. The Bertz CT molecular complexity index is 1250. The summed E-state index contributed by atoms with van der Waals surface area (Å²) in [5, 5.41) is 21.8. The normalized spacial score (nSPS) is 16.3. The number of hydrogen-bond acceptors (Lipinski definition) is 6. The van der Waals surface area contributed by atoms with Gasteiger partial charge in [-0.3, -0.25) is 9.59 Å². The number of halogens is 1. The highest BCUT2D eigenvalue weighted by Gasteiger charge is 2.45. The number of nitrogens with zero attached hydrogens (tertiary/aromatic N) is 1. The first-order valence-electron chi connectivity index (χ1n) is 10.4. The minimum atomic E-state index is -0.886. The number of rotatable bonds is 7. The van der Waals surface area contributed by atoms with Crippen LogP contribution in [0, 0.1) is 0 Å². The Kier molecular flexibility index (Phi) is 6.18. The number of carbonyl (C=O) groups is 2. The molecular formula is C24H24BrN2O6+. The minimum absolute atomic E-state index is 0.0282. The molecule has 33 heavy (non-hydrogen) atoms. The molecule has 1 aromatic heterocycles. The molecule has 4 rings (SSSR count). The van der Waals surface area contributed by atoms with Crippen LogP contribution in [-0.4, -0.2) is 61.1 Å². The van der Waals surface area contributed by atoms with E-state index in [2.05, 4.69) is 15.9 Å². The van der Waals surface area contributed by atoms with Crippen molar-refractivity contribution in [2.24, 2.45) is 0 Å². The van der Waals surface area contributed by atoms with Gasteiger partial charge >= 0.3 is 0 Å². The molecule has 1 aliphatic heterocycles. The van der Waals surface area contributed by atoms with E-state index in [4.69, 9.17) is 9.15 Å². The van der Waals surface area contributed by atoms with Crippen molar-refractivity contribution < 1.29 is 33.9 Å². The lowest BCUT2D eigenvalue weighted by Crippen LogP contribution is -3.06. The molecule has 0 radical (unpaired) electrons. The standard InChI is InChI=1S/C24H23BrN2O6/c1-26(2)8-9-27-20(14-10-15(25)21(28)17(12-14)32-3)19(23(30)24(27)31)22(29)18-11-13-6-4-5-7-16(13)33-18/h4-7,10-12,20,28,30H,8-9H2,1-3H3/p+1. The Labute approximate surface area is 198 Å². The molecule has 2 heterocycles. The second kappa shape index (κ2) is 8.92. The fourth-order valence-electron chi connectivity index (χ4n) is 3.94. The number of ketones is 1. The van der Waals surface area contributed by atoms with Gasteiger partial charge in [-0.2, -0.15) is 0 Å². The Morgan fingerprint density at radius 2 is 1.94 bits per heavy atom. The number of benzene rings is 2. The number of ether oxygens (including phenoxy) is 1. The van der Waals surface area contributed by atoms with E-state index in [1.807, 2.05) is 26.2 Å². The van der Waals surface area contributed by atoms with Crippen molar-refractivity contribution in [2.45, 2.75) is 6.04 Å². The van der Waals surface area contributed by atoms with Crippen LogP contribution in [-0.2, 0) is 4.79 Å². The van der Waals surface area contributed by atoms with Crippen molar-refractivity contribution >= 4 is 38.6 Å². The van der Waals surface area contributed by atoms with E-state index in [0.29, 0.717) is 28.7 Å². The number of methoxy groups -OCH3 is 1. The van der Waals surface area contributed by atoms with E-state index in [-0.39, 0.29) is 22.8 Å². The third kappa shape index (κ3) is 4.09. The predicted octanol–water partition coefficient (Wildman–Crippen LogP) is 2.63. The average Bonchev–Trinajstić information content (AvgIpc) is 3.33. The summed E-state index contributed by atoms with van der Waals surface area (Å²) >= 11 is 3.30. The smallest absolute Gasteiger partial charge is 0.290 e. The molecule has 3 N–H and O–H groups in total. The van der Waals surface area contributed by atoms with E-state index in [0.717, 1.165) is 10.3 Å². The van der Waals surface area contributed by atoms with Crippen LogP contribution in [0.4, 0.5) is 0 Å². The number of aliphatic hydroxyl groups is 1. The summed E-state index contributed by atoms with van der Waals surface area (Å²) in [6, 6.07) is 11.1. The van der Waals surface area contributed by atoms with Crippen molar-refractivity contribution in [2.75, 3.05) is 34.3 Å². The molecule has 172 valence electrons. The van der Waals surface area contributed by atoms with Crippen LogP contribution in [0.2, 0.25) is 0 Å². The van der Waals surface area contributed by atoms with Gasteiger partial charge in [0.15, 0.2) is 23.0 Å². The van der Waals surface area contributed by atoms with Gasteiger partial charge in [0, 0.05) is 5.39 Å². The lowest BCUT2D eigenvalue weighted by Gasteiger charge is -2.27. The maximum atomic E-state index is 13.6. The number of aliphatic hydroxyl groups excluding tert-OH is 1. The van der Waals surface area contributed by atoms with E-state index >= 15 is 0 Å². The molecule has 8 nitrogen and oxygen atoms in total. The molecule has 0 spiro atoms. The number of nitrogens with one attached hydrogen (secondary N) is 1. The van der Waals surface area contributed by atoms with Crippen molar-refractivity contribution in [1.29, 1.82) is 0 Å². The molecular weight excluding hydrogens is 492 g/mol. The van der Waals surface area contributed by atoms with E-state index < -0.39 is 23.5 Å². The van der Waals surface area contributed by atoms with E-state index in [9.17, 15) is 19.8 Å². The van der Waals surface area contributed by atoms with Crippen molar-refractivity contribution in [3.8, 4) is 11.5 Å². The van der Waals surface area contributed by atoms with Gasteiger partial charge in [-0.05, 0) is 45.8 Å². The van der Waals surface area contributed by atoms with Crippen LogP contribution in [0.5, 0.6) is 11.5 Å². The highest BCUT2D eigenvalue weighted by Crippen LogP contribution is 2.44. The number of amides is 1. The average molecular weight is 516 g/mol. The van der Waals surface area contributed by atoms with Gasteiger partial charge in [0.2, 0.25) is 5.78 Å². The molecule has 2 aromatic carbocycles. The number of quaternary nitrogens is 1. The summed E-state index contributed by atoms with van der Waals surface area (Å²) in [6.45, 7) is 0.894. The SMILES string of the molecule is COc1cc(C2C(C(=O)c3cc4ccccc4o3)=C(O)C(=O)N2CC[NH+](C)C)cc(Br)c1O. The first-order valence-corrected chi connectivity index (χ1v) is 11.1. The van der Waals surface area contributed by atoms with Crippen LogP contribution in [0.15, 0.2) is 62.7 Å². The number of carbonyl (C=O) groups excluding carboxylic acids is 2. The fourth-order valence-corrected chi connectivity index (χ4v) is 4.40. The van der Waals surface area contributed by atoms with Gasteiger partial charge in [-0.15, -0.1) is 0 Å². The van der Waals surface area contributed by atoms with Gasteiger partial charge in [-0.25, -0.2) is 0 Å². The zero-order chi connectivity index (χ0) is 23.9. The third-order valence-corrected chi connectivity index (χ3v) is 6.24. The number of Topliss-reactive ketones (excluding diaryl/α,β-unsaturated/α-hetero) is 1. The molecule has 1 amide bonds. The number of hydrogen-bond donors (Lipinski definition) is 3. The maximum absolute atomic E-state index is 13.6. The molecule has 9 heteroatoms. The Hall–Kier alpha value is -3.30. The second-order valence-electron chi connectivity index (χ2n) is 8.15. The third-order valence-electron chi connectivity index (χ3n) is 5.64. The number of phenols is 1. The molecule has 0 bridgehead atoms. The maximum Gasteiger partial charge on any atom is 0.290 e. The minimum Gasteiger partial charge on any atom is -0.503 e. The fraction of sp³-hybridized carbons (Fsp3) is 0.250. The van der Waals surface area contributed by atoms with Crippen molar-refractivity contribution in [3.63, 3.8) is 0 Å². The molecule has 0 fully saturated rings. The Morgan fingerprint density at radius 1 is 1.21 bits per heavy atom. The summed E-state index contributed by atoms with van der Waals surface area (Å²) < 4.78 is 11.3. The molecule has 0 saturated carbocycles. The molecule has 3 aromatic rings. The van der Waals surface area contributed by atoms with E-state index in [1.165, 1.54) is 12.0 Å². The number of furan rings is 1. The highest BCUT2D eigenvalue weighted by atomic mass is 79.9. The summed E-state index contributed by atoms with van der Waals surface area (Å²) in [5.41, 5.74) is 0.957. The quantitative estimate of drug-likeness (QED) is 0.418. The van der Waals surface area contributed by atoms with Crippen LogP contribution >= 0.6 is 15.9 Å². The Morgan fingerprint density at radius 3 is 2.61 bits per heavy atom. The first kappa shape index (κ1) is 22.9. The van der Waals surface area contributed by atoms with E-state index in [1.54, 1.807) is 30.3 Å². The molecule has 1 aliphatic rings.